The van der Waals surface area contributed by atoms with Gasteiger partial charge in [-0.25, -0.2) is 0 Å². The summed E-state index contributed by atoms with van der Waals surface area (Å²) >= 11 is 0. The Morgan fingerprint density at radius 1 is 0.459 bits per heavy atom. The summed E-state index contributed by atoms with van der Waals surface area (Å²) in [4.78, 5) is 24.5. The predicted molar refractivity (Wildman–Crippen MR) is 264 cm³/mol. The van der Waals surface area contributed by atoms with Gasteiger partial charge in [-0.2, -0.15) is 0 Å². The number of rotatable bonds is 48. The molecule has 0 aliphatic heterocycles. The van der Waals surface area contributed by atoms with Crippen molar-refractivity contribution in [3.8, 4) is 0 Å². The average Bonchev–Trinajstić information content (AvgIpc) is 3.26. The Kier molecular flexibility index (Phi) is 48.7. The minimum absolute atomic E-state index is 0.0482. The first-order chi connectivity index (χ1) is 30.0. The number of carbonyl (C=O) groups excluding carboxylic acids is 2. The molecule has 356 valence electrons. The van der Waals surface area contributed by atoms with Gasteiger partial charge in [-0.15, -0.1) is 0 Å². The normalized spacial score (nSPS) is 13.0. The second-order valence-electron chi connectivity index (χ2n) is 17.8. The lowest BCUT2D eigenvalue weighted by molar-refractivity contribution is -0.143. The number of carbonyl (C=O) groups is 2. The Morgan fingerprint density at radius 3 is 1.31 bits per heavy atom. The summed E-state index contributed by atoms with van der Waals surface area (Å²) in [6, 6.07) is -0.651. The van der Waals surface area contributed by atoms with E-state index in [4.69, 9.17) is 4.74 Å². The lowest BCUT2D eigenvalue weighted by Gasteiger charge is -2.20. The van der Waals surface area contributed by atoms with E-state index in [0.717, 1.165) is 96.3 Å². The molecule has 0 aliphatic rings. The van der Waals surface area contributed by atoms with Crippen LogP contribution in [0.2, 0.25) is 0 Å². The van der Waals surface area contributed by atoms with Crippen LogP contribution in [-0.2, 0) is 14.3 Å². The largest absolute Gasteiger partial charge is 0.466 e. The minimum atomic E-state index is -0.865. The maximum absolute atomic E-state index is 12.4. The zero-order valence-corrected chi connectivity index (χ0v) is 40.4. The number of nitrogens with one attached hydrogen (secondary N) is 1. The first-order valence-corrected chi connectivity index (χ1v) is 26.4. The molecule has 0 aliphatic carbocycles. The fraction of sp³-hybridized carbons (Fsp3) is 0.818. The Morgan fingerprint density at radius 2 is 0.836 bits per heavy atom. The Hall–Kier alpha value is -2.18. The van der Waals surface area contributed by atoms with Gasteiger partial charge in [0.2, 0.25) is 5.91 Å². The summed E-state index contributed by atoms with van der Waals surface area (Å²) in [5, 5.41) is 23.1. The van der Waals surface area contributed by atoms with Crippen LogP contribution in [0.5, 0.6) is 0 Å². The summed E-state index contributed by atoms with van der Waals surface area (Å²) in [5.41, 5.74) is 0. The number of allylic oxidation sites excluding steroid dienone is 7. The molecule has 0 saturated heterocycles. The van der Waals surface area contributed by atoms with Gasteiger partial charge in [-0.1, -0.05) is 217 Å². The molecular formula is C55H101NO5. The number of esters is 1. The molecule has 6 nitrogen and oxygen atoms in total. The van der Waals surface area contributed by atoms with Crippen LogP contribution in [0.15, 0.2) is 48.6 Å². The second kappa shape index (κ2) is 50.5. The summed E-state index contributed by atoms with van der Waals surface area (Å²) in [6.45, 7) is 4.77. The van der Waals surface area contributed by atoms with Gasteiger partial charge in [0.15, 0.2) is 0 Å². The van der Waals surface area contributed by atoms with E-state index in [1.54, 1.807) is 6.08 Å². The Labute approximate surface area is 378 Å². The zero-order chi connectivity index (χ0) is 44.4. The van der Waals surface area contributed by atoms with Gasteiger partial charge in [0.25, 0.3) is 0 Å². The van der Waals surface area contributed by atoms with E-state index >= 15 is 0 Å². The van der Waals surface area contributed by atoms with E-state index in [1.165, 1.54) is 141 Å². The number of hydrogen-bond acceptors (Lipinski definition) is 5. The quantitative estimate of drug-likeness (QED) is 0.0322. The van der Waals surface area contributed by atoms with Gasteiger partial charge in [0.05, 0.1) is 25.4 Å². The van der Waals surface area contributed by atoms with Crippen LogP contribution in [0.3, 0.4) is 0 Å². The van der Waals surface area contributed by atoms with Gasteiger partial charge in [-0.05, 0) is 83.5 Å². The highest BCUT2D eigenvalue weighted by Crippen LogP contribution is 2.15. The third-order valence-electron chi connectivity index (χ3n) is 11.8. The van der Waals surface area contributed by atoms with E-state index in [9.17, 15) is 19.8 Å². The van der Waals surface area contributed by atoms with Crippen molar-refractivity contribution in [2.75, 3.05) is 13.2 Å². The van der Waals surface area contributed by atoms with Crippen LogP contribution in [0.1, 0.15) is 264 Å². The first-order valence-electron chi connectivity index (χ1n) is 26.4. The summed E-state index contributed by atoms with van der Waals surface area (Å²) < 4.78 is 5.42. The molecule has 0 radical (unpaired) electrons. The fourth-order valence-corrected chi connectivity index (χ4v) is 7.70. The molecule has 61 heavy (non-hydrogen) atoms. The molecule has 3 N–H and O–H groups in total. The molecule has 2 unspecified atom stereocenters. The van der Waals surface area contributed by atoms with Crippen LogP contribution >= 0.6 is 0 Å². The molecule has 0 fully saturated rings. The van der Waals surface area contributed by atoms with Crippen molar-refractivity contribution in [3.63, 3.8) is 0 Å². The Balaban J connectivity index is 3.58. The number of ether oxygens (including phenoxy) is 1. The van der Waals surface area contributed by atoms with Gasteiger partial charge in [-0.3, -0.25) is 9.59 Å². The predicted octanol–water partition coefficient (Wildman–Crippen LogP) is 15.8. The first kappa shape index (κ1) is 58.8. The van der Waals surface area contributed by atoms with Crippen molar-refractivity contribution in [2.45, 2.75) is 276 Å². The molecule has 0 bridgehead atoms. The lowest BCUT2D eigenvalue weighted by Crippen LogP contribution is -2.45. The van der Waals surface area contributed by atoms with Crippen LogP contribution in [0.25, 0.3) is 0 Å². The van der Waals surface area contributed by atoms with Crippen molar-refractivity contribution in [2.24, 2.45) is 0 Å². The van der Waals surface area contributed by atoms with Gasteiger partial charge < -0.3 is 20.3 Å². The highest BCUT2D eigenvalue weighted by Gasteiger charge is 2.18. The average molecular weight is 856 g/mol. The number of hydrogen-bond donors (Lipinski definition) is 3. The highest BCUT2D eigenvalue weighted by atomic mass is 16.5. The molecule has 0 heterocycles. The van der Waals surface area contributed by atoms with Crippen molar-refractivity contribution in [1.29, 1.82) is 0 Å². The van der Waals surface area contributed by atoms with Crippen LogP contribution < -0.4 is 5.32 Å². The number of amides is 1. The molecule has 2 atom stereocenters. The number of aliphatic hydroxyl groups is 2. The van der Waals surface area contributed by atoms with Crippen molar-refractivity contribution < 1.29 is 24.5 Å². The standard InChI is InChI=1S/C55H101NO5/c1-3-5-7-9-11-13-15-17-19-20-21-22-23-24-27-31-35-39-43-47-53(58)52(51-57)56-54(59)48-44-40-36-32-28-26-30-34-38-42-46-50-61-55(60)49-45-41-37-33-29-25-18-16-14-12-10-8-6-4-2/h10,12,16,18,30,34,43,47,52-53,57-58H,3-9,11,13-15,17,19-29,31-33,35-42,44-46,48-51H2,1-2H3,(H,56,59)/b12-10-,18-16-,34-30-,47-43+. The smallest absolute Gasteiger partial charge is 0.305 e. The molecule has 0 spiro atoms. The molecule has 0 aromatic rings. The maximum atomic E-state index is 12.4. The van der Waals surface area contributed by atoms with E-state index in [0.29, 0.717) is 19.4 Å². The summed E-state index contributed by atoms with van der Waals surface area (Å²) in [7, 11) is 0. The van der Waals surface area contributed by atoms with Crippen molar-refractivity contribution >= 4 is 11.9 Å². The van der Waals surface area contributed by atoms with E-state index < -0.39 is 12.1 Å². The molecule has 1 amide bonds. The van der Waals surface area contributed by atoms with E-state index in [2.05, 4.69) is 55.6 Å². The lowest BCUT2D eigenvalue weighted by atomic mass is 10.0. The summed E-state index contributed by atoms with van der Waals surface area (Å²) in [5.74, 6) is -0.146. The highest BCUT2D eigenvalue weighted by molar-refractivity contribution is 5.76. The van der Waals surface area contributed by atoms with Crippen molar-refractivity contribution in [1.82, 2.24) is 5.32 Å². The van der Waals surface area contributed by atoms with E-state index in [1.807, 2.05) is 6.08 Å². The maximum Gasteiger partial charge on any atom is 0.305 e. The monoisotopic (exact) mass is 856 g/mol. The SMILES string of the molecule is CCCC/C=C\C/C=C\CCCCCCCC(=O)OCCCC/C=C\CCCCCCCC(=O)NC(CO)C(O)/C=C/CCCCCCCCCCCCCCCCCCC. The van der Waals surface area contributed by atoms with Gasteiger partial charge >= 0.3 is 5.97 Å². The minimum Gasteiger partial charge on any atom is -0.466 e. The zero-order valence-electron chi connectivity index (χ0n) is 40.4. The van der Waals surface area contributed by atoms with Gasteiger partial charge in [0.1, 0.15) is 0 Å². The molecule has 0 aromatic carbocycles. The number of unbranched alkanes of at least 4 members (excludes halogenated alkanes) is 31. The fourth-order valence-electron chi connectivity index (χ4n) is 7.70. The van der Waals surface area contributed by atoms with Crippen LogP contribution in [0.4, 0.5) is 0 Å². The number of aliphatic hydroxyl groups excluding tert-OH is 2. The third-order valence-corrected chi connectivity index (χ3v) is 11.8. The molecule has 0 rings (SSSR count). The van der Waals surface area contributed by atoms with Crippen LogP contribution in [0, 0.1) is 0 Å². The molecule has 0 aromatic heterocycles. The molecular weight excluding hydrogens is 755 g/mol. The third kappa shape index (κ3) is 47.1. The van der Waals surface area contributed by atoms with Crippen molar-refractivity contribution in [3.05, 3.63) is 48.6 Å². The van der Waals surface area contributed by atoms with Gasteiger partial charge in [0, 0.05) is 12.8 Å². The summed E-state index contributed by atoms with van der Waals surface area (Å²) in [6.07, 6.45) is 62.6. The van der Waals surface area contributed by atoms with Crippen LogP contribution in [-0.4, -0.2) is 47.4 Å². The molecule has 0 saturated carbocycles. The second-order valence-corrected chi connectivity index (χ2v) is 17.8. The van der Waals surface area contributed by atoms with E-state index in [-0.39, 0.29) is 18.5 Å². The molecule has 6 heteroatoms. The Bertz CT molecular complexity index is 1040. The topological polar surface area (TPSA) is 95.9 Å².